The summed E-state index contributed by atoms with van der Waals surface area (Å²) in [5, 5.41) is 13.3. The molecule has 0 fully saturated rings. The first-order valence-corrected chi connectivity index (χ1v) is 5.33. The fourth-order valence-electron chi connectivity index (χ4n) is 1.21. The Kier molecular flexibility index (Phi) is 4.41. The van der Waals surface area contributed by atoms with Crippen LogP contribution in [-0.2, 0) is 4.79 Å². The molecule has 0 atom stereocenters. The second-order valence-corrected chi connectivity index (χ2v) is 3.65. The first-order valence-electron chi connectivity index (χ1n) is 5.33. The van der Waals surface area contributed by atoms with E-state index < -0.39 is 4.92 Å². The van der Waals surface area contributed by atoms with Crippen LogP contribution in [0.5, 0.6) is 0 Å². The summed E-state index contributed by atoms with van der Waals surface area (Å²) >= 11 is 0. The molecule has 1 rings (SSSR count). The molecule has 0 aliphatic carbocycles. The minimum absolute atomic E-state index is 0.0119. The molecule has 0 aromatic carbocycles. The number of nitro groups is 1. The van der Waals surface area contributed by atoms with Crippen LogP contribution in [0.25, 0.3) is 0 Å². The Labute approximate surface area is 104 Å². The summed E-state index contributed by atoms with van der Waals surface area (Å²) in [5.74, 6) is 0.104. The highest BCUT2D eigenvalue weighted by atomic mass is 16.6. The van der Waals surface area contributed by atoms with Crippen LogP contribution in [0, 0.1) is 10.1 Å². The van der Waals surface area contributed by atoms with Crippen LogP contribution < -0.4 is 11.1 Å². The molecule has 1 aromatic rings. The molecule has 3 N–H and O–H groups in total. The molecule has 0 spiro atoms. The molecule has 1 heterocycles. The van der Waals surface area contributed by atoms with E-state index in [0.717, 1.165) is 6.07 Å². The van der Waals surface area contributed by atoms with Gasteiger partial charge in [0.15, 0.2) is 0 Å². The highest BCUT2D eigenvalue weighted by molar-refractivity contribution is 5.80. The third-order valence-corrected chi connectivity index (χ3v) is 2.36. The van der Waals surface area contributed by atoms with E-state index in [1.807, 2.05) is 6.92 Å². The van der Waals surface area contributed by atoms with Crippen LogP contribution in [0.15, 0.2) is 12.1 Å². The monoisotopic (exact) mass is 253 g/mol. The maximum Gasteiger partial charge on any atom is 0.276 e. The Balaban J connectivity index is 2.73. The number of carbonyl (C=O) groups excluding carboxylic acids is 1. The lowest BCUT2D eigenvalue weighted by molar-refractivity contribution is -0.384. The SMILES string of the molecule is CCN(C)C(=O)CNc1cc([N+](=O)[O-])cc(N)n1. The van der Waals surface area contributed by atoms with E-state index in [0.29, 0.717) is 6.54 Å². The van der Waals surface area contributed by atoms with Crippen LogP contribution in [-0.4, -0.2) is 40.9 Å². The molecule has 0 saturated carbocycles. The largest absolute Gasteiger partial charge is 0.383 e. The predicted octanol–water partition coefficient (Wildman–Crippen LogP) is 0.462. The van der Waals surface area contributed by atoms with E-state index >= 15 is 0 Å². The zero-order chi connectivity index (χ0) is 13.7. The van der Waals surface area contributed by atoms with Crippen LogP contribution in [0.2, 0.25) is 0 Å². The number of hydrogen-bond donors (Lipinski definition) is 2. The fraction of sp³-hybridized carbons (Fsp3) is 0.400. The van der Waals surface area contributed by atoms with Crippen molar-refractivity contribution < 1.29 is 9.72 Å². The van der Waals surface area contributed by atoms with Crippen molar-refractivity contribution in [3.8, 4) is 0 Å². The number of nitrogens with one attached hydrogen (secondary N) is 1. The van der Waals surface area contributed by atoms with Gasteiger partial charge in [0.05, 0.1) is 23.6 Å². The van der Waals surface area contributed by atoms with Crippen molar-refractivity contribution in [3.63, 3.8) is 0 Å². The summed E-state index contributed by atoms with van der Waals surface area (Å²) in [7, 11) is 1.67. The number of rotatable bonds is 5. The van der Waals surface area contributed by atoms with Crippen LogP contribution in [0.1, 0.15) is 6.92 Å². The molecule has 0 saturated heterocycles. The molecule has 98 valence electrons. The Morgan fingerprint density at radius 3 is 2.83 bits per heavy atom. The molecule has 0 aliphatic rings. The topological polar surface area (TPSA) is 114 Å². The highest BCUT2D eigenvalue weighted by Gasteiger charge is 2.11. The van der Waals surface area contributed by atoms with Gasteiger partial charge in [0.2, 0.25) is 5.91 Å². The standard InChI is InChI=1S/C10H15N5O3/c1-3-14(2)10(16)6-12-9-5-7(15(17)18)4-8(11)13-9/h4-5H,3,6H2,1-2H3,(H3,11,12,13). The zero-order valence-electron chi connectivity index (χ0n) is 10.2. The van der Waals surface area contributed by atoms with Gasteiger partial charge in [-0.3, -0.25) is 14.9 Å². The van der Waals surface area contributed by atoms with Crippen molar-refractivity contribution in [3.05, 3.63) is 22.2 Å². The summed E-state index contributed by atoms with van der Waals surface area (Å²) in [6.45, 7) is 2.45. The molecule has 8 nitrogen and oxygen atoms in total. The van der Waals surface area contributed by atoms with Gasteiger partial charge in [-0.25, -0.2) is 4.98 Å². The number of hydrogen-bond acceptors (Lipinski definition) is 6. The van der Waals surface area contributed by atoms with Crippen molar-refractivity contribution in [2.24, 2.45) is 0 Å². The summed E-state index contributed by atoms with van der Waals surface area (Å²) < 4.78 is 0. The van der Waals surface area contributed by atoms with Crippen molar-refractivity contribution in [2.45, 2.75) is 6.92 Å². The molecule has 0 radical (unpaired) electrons. The van der Waals surface area contributed by atoms with Crippen LogP contribution in [0.3, 0.4) is 0 Å². The number of anilines is 2. The molecule has 18 heavy (non-hydrogen) atoms. The second-order valence-electron chi connectivity index (χ2n) is 3.65. The summed E-state index contributed by atoms with van der Waals surface area (Å²) in [4.78, 5) is 27.0. The van der Waals surface area contributed by atoms with Crippen LogP contribution >= 0.6 is 0 Å². The van der Waals surface area contributed by atoms with Gasteiger partial charge >= 0.3 is 0 Å². The summed E-state index contributed by atoms with van der Waals surface area (Å²) in [6.07, 6.45) is 0. The number of nitrogens with two attached hydrogens (primary N) is 1. The van der Waals surface area contributed by atoms with Gasteiger partial charge in [0.25, 0.3) is 5.69 Å². The number of likely N-dealkylation sites (N-methyl/N-ethyl adjacent to an activating group) is 1. The molecular formula is C10H15N5O3. The van der Waals surface area contributed by atoms with E-state index in [1.54, 1.807) is 7.05 Å². The van der Waals surface area contributed by atoms with Crippen LogP contribution in [0.4, 0.5) is 17.3 Å². The first-order chi connectivity index (χ1) is 8.43. The number of amides is 1. The van der Waals surface area contributed by atoms with Gasteiger partial charge in [-0.05, 0) is 6.92 Å². The lowest BCUT2D eigenvalue weighted by atomic mass is 10.3. The van der Waals surface area contributed by atoms with Crippen molar-refractivity contribution in [1.29, 1.82) is 0 Å². The van der Waals surface area contributed by atoms with E-state index in [4.69, 9.17) is 5.73 Å². The summed E-state index contributed by atoms with van der Waals surface area (Å²) in [5.41, 5.74) is 5.27. The second kappa shape index (κ2) is 5.80. The Hall–Kier alpha value is -2.38. The van der Waals surface area contributed by atoms with E-state index in [9.17, 15) is 14.9 Å². The molecule has 0 aliphatic heterocycles. The van der Waals surface area contributed by atoms with Crippen molar-refractivity contribution in [1.82, 2.24) is 9.88 Å². The quantitative estimate of drug-likeness (QED) is 0.582. The molecule has 0 bridgehead atoms. The molecular weight excluding hydrogens is 238 g/mol. The fourth-order valence-corrected chi connectivity index (χ4v) is 1.21. The number of nitrogen functional groups attached to an aromatic ring is 1. The lowest BCUT2D eigenvalue weighted by Gasteiger charge is -2.14. The van der Waals surface area contributed by atoms with Gasteiger partial charge in [0.1, 0.15) is 11.6 Å². The zero-order valence-corrected chi connectivity index (χ0v) is 10.2. The Morgan fingerprint density at radius 2 is 2.28 bits per heavy atom. The Bertz CT molecular complexity index is 463. The number of carbonyl (C=O) groups is 1. The maximum absolute atomic E-state index is 11.5. The molecule has 1 amide bonds. The average molecular weight is 253 g/mol. The van der Waals surface area contributed by atoms with E-state index in [1.165, 1.54) is 11.0 Å². The lowest BCUT2D eigenvalue weighted by Crippen LogP contribution is -2.32. The smallest absolute Gasteiger partial charge is 0.276 e. The third-order valence-electron chi connectivity index (χ3n) is 2.36. The highest BCUT2D eigenvalue weighted by Crippen LogP contribution is 2.18. The number of aromatic nitrogens is 1. The van der Waals surface area contributed by atoms with Crippen molar-refractivity contribution in [2.75, 3.05) is 31.2 Å². The molecule has 8 heteroatoms. The van der Waals surface area contributed by atoms with Gasteiger partial charge in [0, 0.05) is 13.6 Å². The third kappa shape index (κ3) is 3.58. The average Bonchev–Trinajstić information content (AvgIpc) is 2.34. The first kappa shape index (κ1) is 13.7. The van der Waals surface area contributed by atoms with E-state index in [-0.39, 0.29) is 29.8 Å². The number of pyridine rings is 1. The molecule has 0 unspecified atom stereocenters. The predicted molar refractivity (Wildman–Crippen MR) is 67.1 cm³/mol. The normalized spacial score (nSPS) is 9.89. The minimum Gasteiger partial charge on any atom is -0.383 e. The summed E-state index contributed by atoms with van der Waals surface area (Å²) in [6, 6.07) is 2.39. The van der Waals surface area contributed by atoms with Gasteiger partial charge in [-0.15, -0.1) is 0 Å². The molecule has 1 aromatic heterocycles. The Morgan fingerprint density at radius 1 is 1.61 bits per heavy atom. The maximum atomic E-state index is 11.5. The van der Waals surface area contributed by atoms with Gasteiger partial charge in [-0.2, -0.15) is 0 Å². The van der Waals surface area contributed by atoms with Crippen molar-refractivity contribution >= 4 is 23.2 Å². The van der Waals surface area contributed by atoms with Gasteiger partial charge < -0.3 is 16.0 Å². The minimum atomic E-state index is -0.566. The van der Waals surface area contributed by atoms with E-state index in [2.05, 4.69) is 10.3 Å². The van der Waals surface area contributed by atoms with Gasteiger partial charge in [-0.1, -0.05) is 0 Å². The number of nitrogens with zero attached hydrogens (tertiary/aromatic N) is 3.